The number of amidine groups is 2. The van der Waals surface area contributed by atoms with E-state index in [-0.39, 0.29) is 12.1 Å². The van der Waals surface area contributed by atoms with Crippen molar-refractivity contribution in [1.29, 1.82) is 0 Å². The predicted octanol–water partition coefficient (Wildman–Crippen LogP) is 4.35. The number of aliphatic imine (C=N–C) groups is 2. The second-order valence-electron chi connectivity index (χ2n) is 8.09. The fourth-order valence-electron chi connectivity index (χ4n) is 3.15. The molecule has 0 aliphatic rings. The second-order valence-corrected chi connectivity index (χ2v) is 8.09. The molecule has 0 spiro atoms. The van der Waals surface area contributed by atoms with E-state index in [1.807, 2.05) is 89.2 Å². The van der Waals surface area contributed by atoms with Crippen LogP contribution in [0.5, 0.6) is 0 Å². The number of hydrogen-bond acceptors (Lipinski definition) is 4. The van der Waals surface area contributed by atoms with Crippen molar-refractivity contribution < 1.29 is 0 Å². The lowest BCUT2D eigenvalue weighted by atomic mass is 10.1. The van der Waals surface area contributed by atoms with E-state index in [9.17, 15) is 0 Å². The van der Waals surface area contributed by atoms with Crippen molar-refractivity contribution in [3.8, 4) is 22.6 Å². The Bertz CT molecular complexity index is 1010. The minimum Gasteiger partial charge on any atom is -0.383 e. The smallest absolute Gasteiger partial charge is 0.160 e. The fraction of sp³-hybridized carbons (Fsp3) is 0.280. The van der Waals surface area contributed by atoms with Crippen LogP contribution in [-0.2, 0) is 0 Å². The molecule has 160 valence electrons. The molecule has 0 bridgehead atoms. The third kappa shape index (κ3) is 5.75. The van der Waals surface area contributed by atoms with Gasteiger partial charge in [-0.2, -0.15) is 0 Å². The van der Waals surface area contributed by atoms with Crippen LogP contribution in [0.4, 0.5) is 0 Å². The van der Waals surface area contributed by atoms with Crippen LogP contribution < -0.4 is 11.5 Å². The van der Waals surface area contributed by atoms with Gasteiger partial charge in [0.1, 0.15) is 11.7 Å². The molecule has 1 heterocycles. The maximum Gasteiger partial charge on any atom is 0.160 e. The molecule has 31 heavy (non-hydrogen) atoms. The zero-order valence-corrected chi connectivity index (χ0v) is 18.8. The van der Waals surface area contributed by atoms with Gasteiger partial charge in [-0.25, -0.2) is 9.97 Å². The van der Waals surface area contributed by atoms with Gasteiger partial charge in [0.05, 0.1) is 5.69 Å². The monoisotopic (exact) mass is 414 g/mol. The van der Waals surface area contributed by atoms with Crippen molar-refractivity contribution in [2.45, 2.75) is 46.7 Å². The van der Waals surface area contributed by atoms with E-state index in [0.29, 0.717) is 17.5 Å². The van der Waals surface area contributed by atoms with Gasteiger partial charge in [-0.1, -0.05) is 48.5 Å². The topological polar surface area (TPSA) is 103 Å². The molecule has 3 rings (SSSR count). The Balaban J connectivity index is 1.90. The molecule has 4 N–H and O–H groups in total. The van der Waals surface area contributed by atoms with Crippen molar-refractivity contribution in [1.82, 2.24) is 9.97 Å². The van der Waals surface area contributed by atoms with Gasteiger partial charge < -0.3 is 11.5 Å². The van der Waals surface area contributed by atoms with E-state index in [1.165, 1.54) is 0 Å². The molecule has 0 fully saturated rings. The largest absolute Gasteiger partial charge is 0.383 e. The Labute approximate surface area is 184 Å². The first-order valence-corrected chi connectivity index (χ1v) is 10.5. The Morgan fingerprint density at radius 2 is 1.16 bits per heavy atom. The van der Waals surface area contributed by atoms with E-state index in [4.69, 9.17) is 16.5 Å². The lowest BCUT2D eigenvalue weighted by Crippen LogP contribution is -2.15. The summed E-state index contributed by atoms with van der Waals surface area (Å²) in [4.78, 5) is 18.2. The minimum atomic E-state index is 0.153. The molecule has 0 saturated carbocycles. The zero-order valence-electron chi connectivity index (χ0n) is 18.8. The van der Waals surface area contributed by atoms with Gasteiger partial charge in [0.2, 0.25) is 0 Å². The fourth-order valence-corrected chi connectivity index (χ4v) is 3.15. The van der Waals surface area contributed by atoms with Crippen LogP contribution >= 0.6 is 0 Å². The molecule has 0 aliphatic heterocycles. The third-order valence-corrected chi connectivity index (χ3v) is 4.56. The van der Waals surface area contributed by atoms with Gasteiger partial charge in [0.15, 0.2) is 5.82 Å². The molecule has 1 aromatic heterocycles. The number of hydrogen-bond donors (Lipinski definition) is 2. The summed E-state index contributed by atoms with van der Waals surface area (Å²) < 4.78 is 0. The van der Waals surface area contributed by atoms with Crippen molar-refractivity contribution in [2.24, 2.45) is 21.5 Å². The van der Waals surface area contributed by atoms with Crippen LogP contribution in [0.1, 0.15) is 44.5 Å². The van der Waals surface area contributed by atoms with Crippen LogP contribution in [0.15, 0.2) is 64.6 Å². The lowest BCUT2D eigenvalue weighted by molar-refractivity contribution is 0.834. The van der Waals surface area contributed by atoms with Gasteiger partial charge in [-0.05, 0) is 40.7 Å². The Kier molecular flexibility index (Phi) is 6.80. The van der Waals surface area contributed by atoms with Crippen LogP contribution in [-0.4, -0.2) is 33.7 Å². The van der Waals surface area contributed by atoms with Gasteiger partial charge in [0.25, 0.3) is 0 Å². The van der Waals surface area contributed by atoms with Crippen molar-refractivity contribution in [3.63, 3.8) is 0 Å². The number of rotatable bonds is 6. The summed E-state index contributed by atoms with van der Waals surface area (Å²) >= 11 is 0. The third-order valence-electron chi connectivity index (χ3n) is 4.56. The SMILES string of the molecule is Cc1cc(-c2ccc(C(N)=NC(C)C)cc2)nc(-c2ccc(C(N)=NC(C)C)cc2)n1. The molecule has 0 atom stereocenters. The lowest BCUT2D eigenvalue weighted by Gasteiger charge is -2.09. The summed E-state index contributed by atoms with van der Waals surface area (Å²) in [6.07, 6.45) is 0. The van der Waals surface area contributed by atoms with Crippen LogP contribution in [0.3, 0.4) is 0 Å². The maximum absolute atomic E-state index is 6.08. The van der Waals surface area contributed by atoms with Crippen LogP contribution in [0, 0.1) is 6.92 Å². The molecule has 0 saturated heterocycles. The average Bonchev–Trinajstić information content (AvgIpc) is 2.72. The van der Waals surface area contributed by atoms with Gasteiger partial charge in [0, 0.05) is 40.0 Å². The summed E-state index contributed by atoms with van der Waals surface area (Å²) in [5.41, 5.74) is 17.6. The number of benzene rings is 2. The van der Waals surface area contributed by atoms with E-state index in [2.05, 4.69) is 15.0 Å². The first kappa shape index (κ1) is 22.2. The summed E-state index contributed by atoms with van der Waals surface area (Å²) in [6.45, 7) is 9.98. The zero-order chi connectivity index (χ0) is 22.5. The Hall–Kier alpha value is -3.54. The molecule has 0 amide bonds. The molecular weight excluding hydrogens is 384 g/mol. The van der Waals surface area contributed by atoms with E-state index in [1.54, 1.807) is 0 Å². The molecule has 6 heteroatoms. The Morgan fingerprint density at radius 1 is 0.710 bits per heavy atom. The highest BCUT2D eigenvalue weighted by atomic mass is 14.9. The highest BCUT2D eigenvalue weighted by molar-refractivity contribution is 5.98. The Morgan fingerprint density at radius 3 is 1.61 bits per heavy atom. The molecule has 0 aliphatic carbocycles. The molecule has 0 radical (unpaired) electrons. The van der Waals surface area contributed by atoms with Crippen molar-refractivity contribution in [2.75, 3.05) is 0 Å². The molecular formula is C25H30N6. The maximum atomic E-state index is 6.08. The first-order chi connectivity index (χ1) is 14.7. The predicted molar refractivity (Wildman–Crippen MR) is 129 cm³/mol. The summed E-state index contributed by atoms with van der Waals surface area (Å²) in [5, 5.41) is 0. The summed E-state index contributed by atoms with van der Waals surface area (Å²) in [6, 6.07) is 18.1. The molecule has 2 aromatic carbocycles. The highest BCUT2D eigenvalue weighted by Crippen LogP contribution is 2.23. The van der Waals surface area contributed by atoms with E-state index >= 15 is 0 Å². The second kappa shape index (κ2) is 9.51. The van der Waals surface area contributed by atoms with Gasteiger partial charge >= 0.3 is 0 Å². The van der Waals surface area contributed by atoms with Crippen LogP contribution in [0.25, 0.3) is 22.6 Å². The summed E-state index contributed by atoms with van der Waals surface area (Å²) in [7, 11) is 0. The van der Waals surface area contributed by atoms with E-state index < -0.39 is 0 Å². The quantitative estimate of drug-likeness (QED) is 0.462. The minimum absolute atomic E-state index is 0.153. The molecule has 3 aromatic rings. The summed E-state index contributed by atoms with van der Waals surface area (Å²) in [5.74, 6) is 1.75. The van der Waals surface area contributed by atoms with Gasteiger partial charge in [-0.15, -0.1) is 0 Å². The number of nitrogens with two attached hydrogens (primary N) is 2. The first-order valence-electron chi connectivity index (χ1n) is 10.5. The number of nitrogens with zero attached hydrogens (tertiary/aromatic N) is 4. The van der Waals surface area contributed by atoms with Gasteiger partial charge in [-0.3, -0.25) is 9.98 Å². The molecule has 6 nitrogen and oxygen atoms in total. The molecule has 0 unspecified atom stereocenters. The number of aryl methyl sites for hydroxylation is 1. The average molecular weight is 415 g/mol. The van der Waals surface area contributed by atoms with Crippen LogP contribution in [0.2, 0.25) is 0 Å². The standard InChI is InChI=1S/C25H30N6/c1-15(2)28-23(26)19-8-6-18(7-9-19)22-14-17(5)30-25(31-22)21-12-10-20(11-13-21)24(27)29-16(3)4/h6-16H,1-5H3,(H2,26,28)(H2,27,29). The highest BCUT2D eigenvalue weighted by Gasteiger charge is 2.09. The number of aromatic nitrogens is 2. The van der Waals surface area contributed by atoms with E-state index in [0.717, 1.165) is 33.6 Å². The van der Waals surface area contributed by atoms with Crippen molar-refractivity contribution in [3.05, 3.63) is 71.4 Å². The normalized spacial score (nSPS) is 12.6. The van der Waals surface area contributed by atoms with Crippen molar-refractivity contribution >= 4 is 11.7 Å².